The summed E-state index contributed by atoms with van der Waals surface area (Å²) in [7, 11) is -0.902. The molecule has 0 amide bonds. The van der Waals surface area contributed by atoms with Crippen LogP contribution >= 0.6 is 0 Å². The number of rotatable bonds is 6. The van der Waals surface area contributed by atoms with Crippen molar-refractivity contribution in [1.82, 2.24) is 4.98 Å². The van der Waals surface area contributed by atoms with Gasteiger partial charge >= 0.3 is 0 Å². The van der Waals surface area contributed by atoms with Gasteiger partial charge in [-0.1, -0.05) is 12.8 Å². The standard InChI is InChI=1S/C19H25N3O4S/c1-25-16-8-9-18(17(13-16)26-2)27(23,24)21-19-10-7-15(14-20-19)22-11-5-3-4-6-12-22/h7-10,13-14H,3-6,11-12H2,1-2H3,(H,20,21). The lowest BCUT2D eigenvalue weighted by Crippen LogP contribution is -2.24. The SMILES string of the molecule is COc1ccc(S(=O)(=O)Nc2ccc(N3CCCCCC3)cn2)c(OC)c1. The molecule has 7 nitrogen and oxygen atoms in total. The van der Waals surface area contributed by atoms with Crippen molar-refractivity contribution in [1.29, 1.82) is 0 Å². The normalized spacial score (nSPS) is 15.1. The summed E-state index contributed by atoms with van der Waals surface area (Å²) in [5.74, 6) is 1.00. The van der Waals surface area contributed by atoms with Gasteiger partial charge in [0.1, 0.15) is 22.2 Å². The predicted molar refractivity (Wildman–Crippen MR) is 105 cm³/mol. The monoisotopic (exact) mass is 391 g/mol. The van der Waals surface area contributed by atoms with Crippen molar-refractivity contribution in [2.75, 3.05) is 36.9 Å². The Balaban J connectivity index is 1.78. The number of methoxy groups -OCH3 is 2. The fourth-order valence-corrected chi connectivity index (χ4v) is 4.31. The van der Waals surface area contributed by atoms with E-state index in [1.54, 1.807) is 18.3 Å². The van der Waals surface area contributed by atoms with E-state index < -0.39 is 10.0 Å². The van der Waals surface area contributed by atoms with Crippen molar-refractivity contribution >= 4 is 21.5 Å². The lowest BCUT2D eigenvalue weighted by Gasteiger charge is -2.22. The molecule has 1 saturated heterocycles. The van der Waals surface area contributed by atoms with E-state index in [4.69, 9.17) is 9.47 Å². The fourth-order valence-electron chi connectivity index (χ4n) is 3.15. The summed E-state index contributed by atoms with van der Waals surface area (Å²) in [6.07, 6.45) is 6.57. The molecule has 0 unspecified atom stereocenters. The molecule has 146 valence electrons. The summed E-state index contributed by atoms with van der Waals surface area (Å²) in [5.41, 5.74) is 1.02. The first kappa shape index (κ1) is 19.3. The minimum Gasteiger partial charge on any atom is -0.497 e. The van der Waals surface area contributed by atoms with Crippen LogP contribution in [-0.2, 0) is 10.0 Å². The molecule has 3 rings (SSSR count). The first-order valence-corrected chi connectivity index (χ1v) is 10.5. The van der Waals surface area contributed by atoms with Crippen molar-refractivity contribution in [3.8, 4) is 11.5 Å². The first-order chi connectivity index (χ1) is 13.0. The van der Waals surface area contributed by atoms with E-state index in [-0.39, 0.29) is 16.5 Å². The van der Waals surface area contributed by atoms with Crippen molar-refractivity contribution in [3.05, 3.63) is 36.5 Å². The van der Waals surface area contributed by atoms with E-state index in [9.17, 15) is 8.42 Å². The number of hydrogen-bond donors (Lipinski definition) is 1. The van der Waals surface area contributed by atoms with Gasteiger partial charge in [-0.2, -0.15) is 0 Å². The smallest absolute Gasteiger partial charge is 0.266 e. The number of hydrogen-bond acceptors (Lipinski definition) is 6. The average molecular weight is 391 g/mol. The van der Waals surface area contributed by atoms with E-state index in [0.29, 0.717) is 5.75 Å². The molecule has 1 fully saturated rings. The Morgan fingerprint density at radius 2 is 1.74 bits per heavy atom. The van der Waals surface area contributed by atoms with E-state index in [1.165, 1.54) is 52.0 Å². The third-order valence-electron chi connectivity index (χ3n) is 4.62. The number of ether oxygens (including phenoxy) is 2. The molecule has 1 aliphatic rings. The van der Waals surface area contributed by atoms with Crippen LogP contribution in [0.3, 0.4) is 0 Å². The highest BCUT2D eigenvalue weighted by Crippen LogP contribution is 2.29. The molecule has 1 aromatic carbocycles. The third kappa shape index (κ3) is 4.63. The molecule has 2 heterocycles. The van der Waals surface area contributed by atoms with Gasteiger partial charge in [0.15, 0.2) is 0 Å². The van der Waals surface area contributed by atoms with Gasteiger partial charge in [0.25, 0.3) is 10.0 Å². The van der Waals surface area contributed by atoms with Crippen molar-refractivity contribution in [2.45, 2.75) is 30.6 Å². The van der Waals surface area contributed by atoms with Gasteiger partial charge in [-0.3, -0.25) is 4.72 Å². The molecule has 0 radical (unpaired) electrons. The van der Waals surface area contributed by atoms with Crippen LogP contribution in [0.1, 0.15) is 25.7 Å². The maximum atomic E-state index is 12.7. The molecule has 8 heteroatoms. The number of anilines is 2. The van der Waals surface area contributed by atoms with Crippen molar-refractivity contribution < 1.29 is 17.9 Å². The van der Waals surface area contributed by atoms with Gasteiger partial charge in [-0.05, 0) is 37.1 Å². The summed E-state index contributed by atoms with van der Waals surface area (Å²) in [5, 5.41) is 0. The Morgan fingerprint density at radius 1 is 1.00 bits per heavy atom. The maximum absolute atomic E-state index is 12.7. The van der Waals surface area contributed by atoms with Crippen LogP contribution in [0.2, 0.25) is 0 Å². The second-order valence-electron chi connectivity index (χ2n) is 6.43. The van der Waals surface area contributed by atoms with Gasteiger partial charge in [-0.15, -0.1) is 0 Å². The summed E-state index contributed by atoms with van der Waals surface area (Å²) in [4.78, 5) is 6.62. The number of pyridine rings is 1. The minimum atomic E-state index is -3.83. The Hall–Kier alpha value is -2.48. The molecule has 0 spiro atoms. The van der Waals surface area contributed by atoms with E-state index in [2.05, 4.69) is 14.6 Å². The summed E-state index contributed by atoms with van der Waals surface area (Å²) >= 11 is 0. The summed E-state index contributed by atoms with van der Waals surface area (Å²) in [6.45, 7) is 2.02. The molecular formula is C19H25N3O4S. The van der Waals surface area contributed by atoms with Crippen LogP contribution in [0.25, 0.3) is 0 Å². The van der Waals surface area contributed by atoms with E-state index in [1.807, 2.05) is 6.07 Å². The molecule has 1 aromatic heterocycles. The molecule has 1 aliphatic heterocycles. The number of nitrogens with zero attached hydrogens (tertiary/aromatic N) is 2. The zero-order chi connectivity index (χ0) is 19.3. The summed E-state index contributed by atoms with van der Waals surface area (Å²) in [6, 6.07) is 8.15. The van der Waals surface area contributed by atoms with E-state index in [0.717, 1.165) is 18.8 Å². The predicted octanol–water partition coefficient (Wildman–Crippen LogP) is 3.28. The highest BCUT2D eigenvalue weighted by molar-refractivity contribution is 7.92. The van der Waals surface area contributed by atoms with Crippen molar-refractivity contribution in [2.24, 2.45) is 0 Å². The summed E-state index contributed by atoms with van der Waals surface area (Å²) < 4.78 is 38.3. The number of nitrogens with one attached hydrogen (secondary N) is 1. The molecular weight excluding hydrogens is 366 g/mol. The molecule has 27 heavy (non-hydrogen) atoms. The van der Waals surface area contributed by atoms with E-state index >= 15 is 0 Å². The number of sulfonamides is 1. The fraction of sp³-hybridized carbons (Fsp3) is 0.421. The second kappa shape index (κ2) is 8.47. The maximum Gasteiger partial charge on any atom is 0.266 e. The zero-order valence-electron chi connectivity index (χ0n) is 15.6. The molecule has 0 aliphatic carbocycles. The largest absolute Gasteiger partial charge is 0.497 e. The lowest BCUT2D eigenvalue weighted by molar-refractivity contribution is 0.386. The highest BCUT2D eigenvalue weighted by atomic mass is 32.2. The lowest BCUT2D eigenvalue weighted by atomic mass is 10.2. The van der Waals surface area contributed by atoms with Crippen LogP contribution in [0.4, 0.5) is 11.5 Å². The highest BCUT2D eigenvalue weighted by Gasteiger charge is 2.21. The molecule has 1 N–H and O–H groups in total. The Bertz CT molecular complexity index is 861. The molecule has 2 aromatic rings. The molecule has 0 bridgehead atoms. The number of aromatic nitrogens is 1. The quantitative estimate of drug-likeness (QED) is 0.814. The molecule has 0 saturated carbocycles. The average Bonchev–Trinajstić information content (AvgIpc) is 2.97. The molecule has 0 atom stereocenters. The zero-order valence-corrected chi connectivity index (χ0v) is 16.5. The van der Waals surface area contributed by atoms with Gasteiger partial charge < -0.3 is 14.4 Å². The van der Waals surface area contributed by atoms with Gasteiger partial charge in [0, 0.05) is 19.2 Å². The van der Waals surface area contributed by atoms with Gasteiger partial charge in [0.05, 0.1) is 26.1 Å². The van der Waals surface area contributed by atoms with Crippen molar-refractivity contribution in [3.63, 3.8) is 0 Å². The van der Waals surface area contributed by atoms with Crippen LogP contribution < -0.4 is 19.1 Å². The van der Waals surface area contributed by atoms with Gasteiger partial charge in [-0.25, -0.2) is 13.4 Å². The minimum absolute atomic E-state index is 0.0317. The van der Waals surface area contributed by atoms with Crippen LogP contribution in [0.5, 0.6) is 11.5 Å². The number of benzene rings is 1. The van der Waals surface area contributed by atoms with Crippen LogP contribution in [0, 0.1) is 0 Å². The van der Waals surface area contributed by atoms with Crippen LogP contribution in [0.15, 0.2) is 41.4 Å². The second-order valence-corrected chi connectivity index (χ2v) is 8.08. The van der Waals surface area contributed by atoms with Crippen LogP contribution in [-0.4, -0.2) is 40.7 Å². The Morgan fingerprint density at radius 3 is 2.33 bits per heavy atom. The topological polar surface area (TPSA) is 80.8 Å². The third-order valence-corrected chi connectivity index (χ3v) is 6.01. The first-order valence-electron chi connectivity index (χ1n) is 8.99. The van der Waals surface area contributed by atoms with Gasteiger partial charge in [0.2, 0.25) is 0 Å². The Labute approximate surface area is 160 Å². The Kier molecular flexibility index (Phi) is 6.05.